The molecule has 0 radical (unpaired) electrons. The lowest BCUT2D eigenvalue weighted by molar-refractivity contribution is 0.881. The van der Waals surface area contributed by atoms with Crippen LogP contribution < -0.4 is 5.32 Å². The van der Waals surface area contributed by atoms with Crippen molar-refractivity contribution in [1.29, 1.82) is 0 Å². The topological polar surface area (TPSA) is 42.2 Å². The van der Waals surface area contributed by atoms with Gasteiger partial charge in [-0.15, -0.1) is 0 Å². The summed E-state index contributed by atoms with van der Waals surface area (Å²) in [7, 11) is 0. The summed E-state index contributed by atoms with van der Waals surface area (Å²) in [5.74, 6) is 1.71. The molecule has 4 nitrogen and oxygen atoms in total. The van der Waals surface area contributed by atoms with E-state index in [0.717, 1.165) is 28.5 Å². The van der Waals surface area contributed by atoms with Crippen LogP contribution in [0.3, 0.4) is 0 Å². The molecule has 1 aliphatic rings. The van der Waals surface area contributed by atoms with Crippen molar-refractivity contribution in [1.82, 2.24) is 14.4 Å². The SMILES string of the molecule is Brc1cnc2c(NCC3CC3)nccn12. The predicted molar refractivity (Wildman–Crippen MR) is 61.9 cm³/mol. The lowest BCUT2D eigenvalue weighted by Gasteiger charge is -2.05. The van der Waals surface area contributed by atoms with Crippen LogP contribution in [0, 0.1) is 5.92 Å². The standard InChI is InChI=1S/C10H11BrN4/c11-8-6-14-10-9(12-3-4-15(8)10)13-5-7-1-2-7/h3-4,6-7H,1-2,5H2,(H,12,13). The minimum atomic E-state index is 0.838. The Balaban J connectivity index is 1.94. The van der Waals surface area contributed by atoms with Crippen LogP contribution >= 0.6 is 15.9 Å². The molecule has 0 aliphatic heterocycles. The number of rotatable bonds is 3. The summed E-state index contributed by atoms with van der Waals surface area (Å²) >= 11 is 3.44. The van der Waals surface area contributed by atoms with Crippen molar-refractivity contribution < 1.29 is 0 Å². The summed E-state index contributed by atoms with van der Waals surface area (Å²) < 4.78 is 2.93. The fraction of sp³-hybridized carbons (Fsp3) is 0.400. The van der Waals surface area contributed by atoms with Crippen LogP contribution in [-0.4, -0.2) is 20.9 Å². The molecule has 2 heterocycles. The molecule has 0 spiro atoms. The molecule has 1 saturated carbocycles. The average molecular weight is 267 g/mol. The van der Waals surface area contributed by atoms with Crippen LogP contribution in [-0.2, 0) is 0 Å². The highest BCUT2D eigenvalue weighted by molar-refractivity contribution is 9.10. The fourth-order valence-corrected chi connectivity index (χ4v) is 1.97. The van der Waals surface area contributed by atoms with E-state index in [2.05, 4.69) is 31.2 Å². The van der Waals surface area contributed by atoms with Crippen molar-refractivity contribution in [3.05, 3.63) is 23.2 Å². The second kappa shape index (κ2) is 3.48. The highest BCUT2D eigenvalue weighted by Crippen LogP contribution is 2.29. The first-order valence-corrected chi connectivity index (χ1v) is 5.85. The molecule has 2 aromatic rings. The Kier molecular flexibility index (Phi) is 2.12. The minimum Gasteiger partial charge on any atom is -0.367 e. The van der Waals surface area contributed by atoms with Crippen LogP contribution in [0.2, 0.25) is 0 Å². The molecule has 1 aliphatic carbocycles. The molecule has 0 bridgehead atoms. The zero-order valence-electron chi connectivity index (χ0n) is 8.15. The number of nitrogens with one attached hydrogen (secondary N) is 1. The third-order valence-corrected chi connectivity index (χ3v) is 3.22. The number of fused-ring (bicyclic) bond motifs is 1. The van der Waals surface area contributed by atoms with Crippen LogP contribution in [0.15, 0.2) is 23.2 Å². The molecular weight excluding hydrogens is 256 g/mol. The lowest BCUT2D eigenvalue weighted by atomic mass is 10.4. The van der Waals surface area contributed by atoms with E-state index in [1.54, 1.807) is 12.4 Å². The summed E-state index contributed by atoms with van der Waals surface area (Å²) in [6.07, 6.45) is 8.16. The van der Waals surface area contributed by atoms with Crippen molar-refractivity contribution >= 4 is 27.4 Å². The van der Waals surface area contributed by atoms with E-state index in [4.69, 9.17) is 0 Å². The molecule has 15 heavy (non-hydrogen) atoms. The Morgan fingerprint density at radius 3 is 3.13 bits per heavy atom. The van der Waals surface area contributed by atoms with Gasteiger partial charge in [-0.2, -0.15) is 0 Å². The fourth-order valence-electron chi connectivity index (χ4n) is 1.58. The first kappa shape index (κ1) is 9.15. The van der Waals surface area contributed by atoms with Crippen LogP contribution in [0.5, 0.6) is 0 Å². The normalized spacial score (nSPS) is 15.8. The van der Waals surface area contributed by atoms with E-state index in [9.17, 15) is 0 Å². The van der Waals surface area contributed by atoms with E-state index in [0.29, 0.717) is 0 Å². The molecule has 0 amide bonds. The van der Waals surface area contributed by atoms with Gasteiger partial charge in [0.1, 0.15) is 4.60 Å². The summed E-state index contributed by atoms with van der Waals surface area (Å²) in [5, 5.41) is 3.35. The van der Waals surface area contributed by atoms with Gasteiger partial charge in [0.2, 0.25) is 0 Å². The first-order valence-electron chi connectivity index (χ1n) is 5.06. The van der Waals surface area contributed by atoms with Crippen molar-refractivity contribution in [2.45, 2.75) is 12.8 Å². The summed E-state index contributed by atoms with van der Waals surface area (Å²) in [5.41, 5.74) is 0.880. The van der Waals surface area contributed by atoms with Crippen molar-refractivity contribution in [2.75, 3.05) is 11.9 Å². The summed E-state index contributed by atoms with van der Waals surface area (Å²) in [4.78, 5) is 8.61. The molecule has 0 unspecified atom stereocenters. The Morgan fingerprint density at radius 2 is 2.33 bits per heavy atom. The molecule has 1 fully saturated rings. The number of nitrogens with zero attached hydrogens (tertiary/aromatic N) is 3. The quantitative estimate of drug-likeness (QED) is 0.927. The molecule has 0 atom stereocenters. The first-order chi connectivity index (χ1) is 7.34. The van der Waals surface area contributed by atoms with Crippen molar-refractivity contribution in [3.8, 4) is 0 Å². The van der Waals surface area contributed by atoms with E-state index >= 15 is 0 Å². The van der Waals surface area contributed by atoms with Gasteiger partial charge >= 0.3 is 0 Å². The Bertz CT molecular complexity index is 489. The smallest absolute Gasteiger partial charge is 0.180 e. The Morgan fingerprint density at radius 1 is 1.47 bits per heavy atom. The Hall–Kier alpha value is -1.10. The summed E-state index contributed by atoms with van der Waals surface area (Å²) in [6.45, 7) is 1.01. The monoisotopic (exact) mass is 266 g/mol. The molecule has 1 N–H and O–H groups in total. The molecule has 2 aromatic heterocycles. The molecule has 0 saturated heterocycles. The average Bonchev–Trinajstić information content (AvgIpc) is 3.01. The van der Waals surface area contributed by atoms with Crippen LogP contribution in [0.1, 0.15) is 12.8 Å². The van der Waals surface area contributed by atoms with Gasteiger partial charge in [-0.05, 0) is 34.7 Å². The molecule has 5 heteroatoms. The van der Waals surface area contributed by atoms with Gasteiger partial charge in [-0.1, -0.05) is 0 Å². The maximum Gasteiger partial charge on any atom is 0.180 e. The minimum absolute atomic E-state index is 0.838. The van der Waals surface area contributed by atoms with E-state index < -0.39 is 0 Å². The zero-order valence-corrected chi connectivity index (χ0v) is 9.74. The highest BCUT2D eigenvalue weighted by atomic mass is 79.9. The van der Waals surface area contributed by atoms with Gasteiger partial charge in [0, 0.05) is 18.9 Å². The molecular formula is C10H11BrN4. The number of halogens is 1. The number of aromatic nitrogens is 3. The van der Waals surface area contributed by atoms with Gasteiger partial charge in [0.25, 0.3) is 0 Å². The lowest BCUT2D eigenvalue weighted by Crippen LogP contribution is -2.06. The van der Waals surface area contributed by atoms with Gasteiger partial charge < -0.3 is 5.32 Å². The van der Waals surface area contributed by atoms with E-state index in [-0.39, 0.29) is 0 Å². The zero-order chi connectivity index (χ0) is 10.3. The van der Waals surface area contributed by atoms with Crippen molar-refractivity contribution in [3.63, 3.8) is 0 Å². The molecule has 0 aromatic carbocycles. The number of imidazole rings is 1. The van der Waals surface area contributed by atoms with Crippen LogP contribution in [0.25, 0.3) is 5.65 Å². The summed E-state index contributed by atoms with van der Waals surface area (Å²) in [6, 6.07) is 0. The van der Waals surface area contributed by atoms with Crippen molar-refractivity contribution in [2.24, 2.45) is 5.92 Å². The second-order valence-corrected chi connectivity index (χ2v) is 4.69. The maximum atomic E-state index is 4.31. The Labute approximate surface area is 95.9 Å². The third kappa shape index (κ3) is 1.71. The van der Waals surface area contributed by atoms with E-state index in [1.807, 2.05) is 10.6 Å². The number of hydrogen-bond donors (Lipinski definition) is 1. The predicted octanol–water partition coefficient (Wildman–Crippen LogP) is 2.31. The number of anilines is 1. The van der Waals surface area contributed by atoms with Gasteiger partial charge in [0.05, 0.1) is 6.20 Å². The largest absolute Gasteiger partial charge is 0.367 e. The van der Waals surface area contributed by atoms with Gasteiger partial charge in [-0.25, -0.2) is 9.97 Å². The number of hydrogen-bond acceptors (Lipinski definition) is 3. The molecule has 78 valence electrons. The third-order valence-electron chi connectivity index (χ3n) is 2.64. The molecule has 3 rings (SSSR count). The highest BCUT2D eigenvalue weighted by Gasteiger charge is 2.21. The van der Waals surface area contributed by atoms with Gasteiger partial charge in [0.15, 0.2) is 11.5 Å². The van der Waals surface area contributed by atoms with Crippen LogP contribution in [0.4, 0.5) is 5.82 Å². The second-order valence-electron chi connectivity index (χ2n) is 3.87. The van der Waals surface area contributed by atoms with E-state index in [1.165, 1.54) is 12.8 Å². The van der Waals surface area contributed by atoms with Gasteiger partial charge in [-0.3, -0.25) is 4.40 Å². The maximum absolute atomic E-state index is 4.31.